The molecular formula is C25H29ClN8O6S4. The van der Waals surface area contributed by atoms with Crippen molar-refractivity contribution >= 4 is 92.8 Å². The lowest BCUT2D eigenvalue weighted by Gasteiger charge is -2.49. The lowest BCUT2D eigenvalue weighted by molar-refractivity contribution is -0.150. The first-order valence-corrected chi connectivity index (χ1v) is 17.2. The molecule has 0 spiro atoms. The number of nitrogens with zero attached hydrogens (tertiary/aromatic N) is 4. The minimum absolute atomic E-state index is 0.0313. The number of nitrogens with one attached hydrogen (secondary N) is 2. The number of aliphatic carboxylic acids is 1. The van der Waals surface area contributed by atoms with E-state index in [1.54, 1.807) is 30.2 Å². The molecule has 2 aromatic heterocycles. The van der Waals surface area contributed by atoms with Gasteiger partial charge in [-0.05, 0) is 17.5 Å². The number of thiazole rings is 1. The first-order valence-electron chi connectivity index (χ1n) is 13.0. The van der Waals surface area contributed by atoms with Crippen molar-refractivity contribution < 1.29 is 29.5 Å². The molecule has 1 fully saturated rings. The highest BCUT2D eigenvalue weighted by atomic mass is 35.5. The Balaban J connectivity index is 1.41. The third-order valence-corrected chi connectivity index (χ3v) is 11.2. The van der Waals surface area contributed by atoms with Crippen LogP contribution in [0.4, 0.5) is 5.13 Å². The average molecular weight is 701 g/mol. The maximum atomic E-state index is 13.1. The molecule has 2 aliphatic rings. The number of nitrogen functional groups attached to an aromatic ring is 1. The Labute approximate surface area is 273 Å². The van der Waals surface area contributed by atoms with Crippen LogP contribution in [0.15, 0.2) is 39.1 Å². The number of amides is 3. The lowest BCUT2D eigenvalue weighted by atomic mass is 10.0. The van der Waals surface area contributed by atoms with Crippen LogP contribution < -0.4 is 22.1 Å². The molecule has 0 unspecified atom stereocenters. The third-order valence-electron chi connectivity index (χ3n) is 6.48. The number of anilines is 1. The maximum absolute atomic E-state index is 13.1. The largest absolute Gasteiger partial charge is 0.477 e. The van der Waals surface area contributed by atoms with Gasteiger partial charge in [-0.1, -0.05) is 53.7 Å². The second-order valence-corrected chi connectivity index (χ2v) is 14.7. The Hall–Kier alpha value is -3.03. The summed E-state index contributed by atoms with van der Waals surface area (Å²) in [6.45, 7) is 4.21. The standard InChI is InChI=1S/C25H29ClN8O6S4/c1-10(2)14(27)20(35)30-5-6-41-8-11-7-29-4-3-12(11)43-13-9-42-23-17(22(37)34(23)18(13)24(38)39)31-21(36)16(33-40)15-19(26)44-25(28)32-15/h3-4,7,10,14,17,23,40H,5-6,8-9,27H2,1-2H3,(H2,28,32)(H,30,35)(H,31,36)(H,38,39)/b33-16-/t14-,17+,23+/m0/s1. The molecule has 0 aromatic carbocycles. The predicted molar refractivity (Wildman–Crippen MR) is 172 cm³/mol. The summed E-state index contributed by atoms with van der Waals surface area (Å²) in [6, 6.07) is 0.147. The summed E-state index contributed by atoms with van der Waals surface area (Å²) >= 11 is 11.0. The zero-order chi connectivity index (χ0) is 32.1. The summed E-state index contributed by atoms with van der Waals surface area (Å²) < 4.78 is 0.0313. The SMILES string of the molecule is CC(C)[C@H](N)C(=O)NCCSCc1cnccc1SC1=C(C(=O)O)N2C(=O)[C@@H](NC(=O)/C(=N\O)c3nc(N)sc3Cl)[C@H]2SC1. The minimum Gasteiger partial charge on any atom is -0.477 e. The third kappa shape index (κ3) is 7.43. The number of β-lactam (4-membered cyclic amide) rings is 1. The van der Waals surface area contributed by atoms with Gasteiger partial charge < -0.3 is 32.4 Å². The molecule has 2 aromatic rings. The molecular weight excluding hydrogens is 672 g/mol. The number of carbonyl (C=O) groups excluding carboxylic acids is 3. The van der Waals surface area contributed by atoms with Crippen LogP contribution in [0.1, 0.15) is 25.1 Å². The maximum Gasteiger partial charge on any atom is 0.353 e. The first-order chi connectivity index (χ1) is 20.9. The van der Waals surface area contributed by atoms with Crippen molar-refractivity contribution in [3.8, 4) is 0 Å². The molecule has 236 valence electrons. The number of halogens is 1. The number of carboxylic acid groups (broad SMARTS) is 1. The van der Waals surface area contributed by atoms with E-state index in [-0.39, 0.29) is 38.4 Å². The molecule has 3 amide bonds. The fourth-order valence-electron chi connectivity index (χ4n) is 4.15. The van der Waals surface area contributed by atoms with Crippen LogP contribution in [-0.2, 0) is 24.9 Å². The number of nitrogens with two attached hydrogens (primary N) is 2. The number of aromatic nitrogens is 2. The number of thioether (sulfide) groups is 3. The van der Waals surface area contributed by atoms with Gasteiger partial charge >= 0.3 is 5.97 Å². The summed E-state index contributed by atoms with van der Waals surface area (Å²) in [5, 5.41) is 27.2. The van der Waals surface area contributed by atoms with E-state index < -0.39 is 41.0 Å². The van der Waals surface area contributed by atoms with Crippen molar-refractivity contribution in [3.05, 3.63) is 44.7 Å². The highest BCUT2D eigenvalue weighted by Gasteiger charge is 2.54. The predicted octanol–water partition coefficient (Wildman–Crippen LogP) is 1.77. The Kier molecular flexibility index (Phi) is 11.4. The van der Waals surface area contributed by atoms with Crippen molar-refractivity contribution in [2.45, 2.75) is 42.0 Å². The van der Waals surface area contributed by atoms with E-state index in [1.807, 2.05) is 13.8 Å². The van der Waals surface area contributed by atoms with Crippen LogP contribution in [0, 0.1) is 5.92 Å². The first kappa shape index (κ1) is 33.9. The number of hydrogen-bond donors (Lipinski definition) is 6. The van der Waals surface area contributed by atoms with Crippen molar-refractivity contribution in [2.75, 3.05) is 23.8 Å². The van der Waals surface area contributed by atoms with Gasteiger partial charge in [0.25, 0.3) is 11.8 Å². The molecule has 19 heteroatoms. The van der Waals surface area contributed by atoms with E-state index >= 15 is 0 Å². The van der Waals surface area contributed by atoms with Gasteiger partial charge in [-0.3, -0.25) is 24.3 Å². The zero-order valence-corrected chi connectivity index (χ0v) is 27.4. The van der Waals surface area contributed by atoms with Crippen molar-refractivity contribution in [1.82, 2.24) is 25.5 Å². The topological polar surface area (TPSA) is 226 Å². The Morgan fingerprint density at radius 2 is 2.09 bits per heavy atom. The Bertz CT molecular complexity index is 1520. The second kappa shape index (κ2) is 14.8. The van der Waals surface area contributed by atoms with Crippen LogP contribution in [0.2, 0.25) is 4.34 Å². The van der Waals surface area contributed by atoms with Gasteiger partial charge in [0.15, 0.2) is 10.8 Å². The molecule has 14 nitrogen and oxygen atoms in total. The van der Waals surface area contributed by atoms with Gasteiger partial charge in [0, 0.05) is 46.0 Å². The fraction of sp³-hybridized carbons (Fsp3) is 0.400. The number of oxime groups is 1. The van der Waals surface area contributed by atoms with E-state index in [0.29, 0.717) is 23.0 Å². The summed E-state index contributed by atoms with van der Waals surface area (Å²) in [4.78, 5) is 60.9. The van der Waals surface area contributed by atoms with Crippen LogP contribution in [0.5, 0.6) is 0 Å². The van der Waals surface area contributed by atoms with Gasteiger partial charge in [0.1, 0.15) is 27.1 Å². The quantitative estimate of drug-likeness (QED) is 0.0577. The van der Waals surface area contributed by atoms with Gasteiger partial charge in [-0.2, -0.15) is 11.8 Å². The van der Waals surface area contributed by atoms with E-state index in [2.05, 4.69) is 25.8 Å². The van der Waals surface area contributed by atoms with Crippen molar-refractivity contribution in [1.29, 1.82) is 0 Å². The molecule has 8 N–H and O–H groups in total. The van der Waals surface area contributed by atoms with Crippen LogP contribution in [0.25, 0.3) is 0 Å². The van der Waals surface area contributed by atoms with E-state index in [1.165, 1.54) is 23.5 Å². The van der Waals surface area contributed by atoms with Crippen LogP contribution in [-0.4, -0.2) is 90.1 Å². The summed E-state index contributed by atoms with van der Waals surface area (Å²) in [5.41, 5.74) is 11.5. The molecule has 0 bridgehead atoms. The second-order valence-electron chi connectivity index (χ2n) is 9.76. The fourth-order valence-corrected chi connectivity index (χ4v) is 8.57. The molecule has 0 radical (unpaired) electrons. The van der Waals surface area contributed by atoms with Crippen LogP contribution in [0.3, 0.4) is 0 Å². The molecule has 4 heterocycles. The molecule has 44 heavy (non-hydrogen) atoms. The number of carbonyl (C=O) groups is 4. The summed E-state index contributed by atoms with van der Waals surface area (Å²) in [5.74, 6) is -1.52. The van der Waals surface area contributed by atoms with Crippen molar-refractivity contribution in [2.24, 2.45) is 16.8 Å². The monoisotopic (exact) mass is 700 g/mol. The number of fused-ring (bicyclic) bond motifs is 1. The number of hydrogen-bond acceptors (Lipinski definition) is 14. The number of rotatable bonds is 13. The van der Waals surface area contributed by atoms with E-state index in [0.717, 1.165) is 26.7 Å². The van der Waals surface area contributed by atoms with Gasteiger partial charge in [0.2, 0.25) is 5.91 Å². The zero-order valence-electron chi connectivity index (χ0n) is 23.4. The van der Waals surface area contributed by atoms with E-state index in [4.69, 9.17) is 23.1 Å². The van der Waals surface area contributed by atoms with E-state index in [9.17, 15) is 29.5 Å². The summed E-state index contributed by atoms with van der Waals surface area (Å²) in [6.07, 6.45) is 3.30. The summed E-state index contributed by atoms with van der Waals surface area (Å²) in [7, 11) is 0. The molecule has 3 atom stereocenters. The van der Waals surface area contributed by atoms with Crippen LogP contribution >= 0.6 is 58.2 Å². The van der Waals surface area contributed by atoms with Gasteiger partial charge in [-0.25, -0.2) is 9.78 Å². The minimum atomic E-state index is -1.28. The average Bonchev–Trinajstić information content (AvgIpc) is 3.32. The highest BCUT2D eigenvalue weighted by molar-refractivity contribution is 8.06. The number of carboxylic acids is 1. The van der Waals surface area contributed by atoms with Gasteiger partial charge in [-0.15, -0.1) is 11.8 Å². The lowest BCUT2D eigenvalue weighted by Crippen LogP contribution is -2.71. The molecule has 4 rings (SSSR count). The van der Waals surface area contributed by atoms with Crippen molar-refractivity contribution in [3.63, 3.8) is 0 Å². The smallest absolute Gasteiger partial charge is 0.353 e. The Morgan fingerprint density at radius 3 is 2.73 bits per heavy atom. The molecule has 0 saturated carbocycles. The number of pyridine rings is 1. The highest BCUT2D eigenvalue weighted by Crippen LogP contribution is 2.46. The molecule has 0 aliphatic carbocycles. The normalized spacial score (nSPS) is 19.0. The molecule has 2 aliphatic heterocycles. The molecule has 1 saturated heterocycles. The van der Waals surface area contributed by atoms with Gasteiger partial charge in [0.05, 0.1) is 6.04 Å². The Morgan fingerprint density at radius 1 is 1.34 bits per heavy atom.